The topological polar surface area (TPSA) is 66.9 Å². The maximum Gasteiger partial charge on any atom is 0.225 e. The molecule has 0 bridgehead atoms. The van der Waals surface area contributed by atoms with Crippen LogP contribution in [0.5, 0.6) is 0 Å². The molecule has 0 unspecified atom stereocenters. The molecule has 0 atom stereocenters. The first-order valence-corrected chi connectivity index (χ1v) is 7.10. The molecule has 0 aliphatic heterocycles. The molecular weight excluding hydrogens is 284 g/mol. The SMILES string of the molecule is CC(=O)NCCNc1nc(Cl)nc2sc(C)c(C)c12. The van der Waals surface area contributed by atoms with E-state index in [9.17, 15) is 4.79 Å². The van der Waals surface area contributed by atoms with Gasteiger partial charge in [-0.3, -0.25) is 4.79 Å². The van der Waals surface area contributed by atoms with Crippen LogP contribution in [-0.4, -0.2) is 29.0 Å². The van der Waals surface area contributed by atoms with E-state index < -0.39 is 0 Å². The molecule has 102 valence electrons. The fourth-order valence-electron chi connectivity index (χ4n) is 1.77. The lowest BCUT2D eigenvalue weighted by Crippen LogP contribution is -2.26. The number of amides is 1. The summed E-state index contributed by atoms with van der Waals surface area (Å²) in [6, 6.07) is 0. The second-order valence-electron chi connectivity index (χ2n) is 4.21. The predicted molar refractivity (Wildman–Crippen MR) is 79.1 cm³/mol. The van der Waals surface area contributed by atoms with Crippen LogP contribution in [0.4, 0.5) is 5.82 Å². The Kier molecular flexibility index (Phi) is 4.21. The number of nitrogens with zero attached hydrogens (tertiary/aromatic N) is 2. The molecule has 0 aromatic carbocycles. The van der Waals surface area contributed by atoms with Gasteiger partial charge in [-0.15, -0.1) is 11.3 Å². The largest absolute Gasteiger partial charge is 0.368 e. The maximum absolute atomic E-state index is 10.8. The summed E-state index contributed by atoms with van der Waals surface area (Å²) >= 11 is 7.53. The molecule has 19 heavy (non-hydrogen) atoms. The quantitative estimate of drug-likeness (QED) is 0.672. The predicted octanol–water partition coefficient (Wildman–Crippen LogP) is 2.51. The van der Waals surface area contributed by atoms with Crippen molar-refractivity contribution in [1.82, 2.24) is 15.3 Å². The van der Waals surface area contributed by atoms with Gasteiger partial charge in [0, 0.05) is 24.9 Å². The Morgan fingerprint density at radius 3 is 2.74 bits per heavy atom. The minimum atomic E-state index is -0.0461. The number of thiophene rings is 1. The number of fused-ring (bicyclic) bond motifs is 1. The molecular formula is C12H15ClN4OS. The molecule has 2 heterocycles. The van der Waals surface area contributed by atoms with Crippen LogP contribution in [-0.2, 0) is 4.79 Å². The molecule has 0 aliphatic rings. The number of carbonyl (C=O) groups excluding carboxylic acids is 1. The minimum absolute atomic E-state index is 0.0461. The van der Waals surface area contributed by atoms with Crippen LogP contribution in [0, 0.1) is 13.8 Å². The highest BCUT2D eigenvalue weighted by molar-refractivity contribution is 7.18. The number of hydrogen-bond acceptors (Lipinski definition) is 5. The smallest absolute Gasteiger partial charge is 0.225 e. The lowest BCUT2D eigenvalue weighted by molar-refractivity contribution is -0.118. The number of rotatable bonds is 4. The van der Waals surface area contributed by atoms with Crippen LogP contribution in [0.1, 0.15) is 17.4 Å². The van der Waals surface area contributed by atoms with E-state index >= 15 is 0 Å². The van der Waals surface area contributed by atoms with Gasteiger partial charge in [0.25, 0.3) is 0 Å². The van der Waals surface area contributed by atoms with E-state index in [4.69, 9.17) is 11.6 Å². The fourth-order valence-corrected chi connectivity index (χ4v) is 3.02. The zero-order valence-corrected chi connectivity index (χ0v) is 12.6. The van der Waals surface area contributed by atoms with Gasteiger partial charge in [-0.1, -0.05) is 0 Å². The first kappa shape index (κ1) is 14.0. The van der Waals surface area contributed by atoms with E-state index in [2.05, 4.69) is 27.5 Å². The van der Waals surface area contributed by atoms with Crippen LogP contribution in [0.3, 0.4) is 0 Å². The van der Waals surface area contributed by atoms with Crippen molar-refractivity contribution >= 4 is 44.9 Å². The van der Waals surface area contributed by atoms with E-state index in [0.29, 0.717) is 13.1 Å². The first-order chi connectivity index (χ1) is 8.99. The molecule has 2 N–H and O–H groups in total. The van der Waals surface area contributed by atoms with Gasteiger partial charge in [0.15, 0.2) is 0 Å². The molecule has 2 aromatic heterocycles. The van der Waals surface area contributed by atoms with Crippen LogP contribution in [0.2, 0.25) is 5.28 Å². The van der Waals surface area contributed by atoms with Crippen molar-refractivity contribution in [2.75, 3.05) is 18.4 Å². The average Bonchev–Trinajstić information content (AvgIpc) is 2.60. The molecule has 2 aromatic rings. The van der Waals surface area contributed by atoms with Crippen molar-refractivity contribution in [3.05, 3.63) is 15.7 Å². The van der Waals surface area contributed by atoms with Crippen molar-refractivity contribution < 1.29 is 4.79 Å². The highest BCUT2D eigenvalue weighted by Crippen LogP contribution is 2.33. The van der Waals surface area contributed by atoms with Crippen molar-refractivity contribution in [3.8, 4) is 0 Å². The minimum Gasteiger partial charge on any atom is -0.368 e. The van der Waals surface area contributed by atoms with Gasteiger partial charge >= 0.3 is 0 Å². The number of carbonyl (C=O) groups is 1. The van der Waals surface area contributed by atoms with Gasteiger partial charge in [-0.2, -0.15) is 0 Å². The third-order valence-electron chi connectivity index (χ3n) is 2.79. The van der Waals surface area contributed by atoms with E-state index in [1.54, 1.807) is 11.3 Å². The van der Waals surface area contributed by atoms with Crippen molar-refractivity contribution in [1.29, 1.82) is 0 Å². The van der Waals surface area contributed by atoms with Crippen molar-refractivity contribution in [2.24, 2.45) is 0 Å². The van der Waals surface area contributed by atoms with Gasteiger partial charge in [-0.05, 0) is 31.0 Å². The number of hydrogen-bond donors (Lipinski definition) is 2. The molecule has 0 fully saturated rings. The van der Waals surface area contributed by atoms with Crippen LogP contribution >= 0.6 is 22.9 Å². The Morgan fingerprint density at radius 1 is 1.32 bits per heavy atom. The third kappa shape index (κ3) is 3.13. The Bertz CT molecular complexity index is 626. The lowest BCUT2D eigenvalue weighted by Gasteiger charge is -2.08. The van der Waals surface area contributed by atoms with E-state index in [1.807, 2.05) is 6.92 Å². The summed E-state index contributed by atoms with van der Waals surface area (Å²) < 4.78 is 0. The van der Waals surface area contributed by atoms with Gasteiger partial charge < -0.3 is 10.6 Å². The van der Waals surface area contributed by atoms with Crippen LogP contribution < -0.4 is 10.6 Å². The molecule has 2 rings (SSSR count). The van der Waals surface area contributed by atoms with Crippen LogP contribution in [0.25, 0.3) is 10.2 Å². The molecule has 0 radical (unpaired) electrons. The van der Waals surface area contributed by atoms with Crippen molar-refractivity contribution in [2.45, 2.75) is 20.8 Å². The molecule has 0 spiro atoms. The summed E-state index contributed by atoms with van der Waals surface area (Å²) in [5.74, 6) is 0.678. The van der Waals surface area contributed by atoms with Gasteiger partial charge in [0.05, 0.1) is 5.39 Å². The molecule has 0 saturated heterocycles. The summed E-state index contributed by atoms with van der Waals surface area (Å²) in [5.41, 5.74) is 1.17. The van der Waals surface area contributed by atoms with E-state index in [0.717, 1.165) is 16.0 Å². The number of aromatic nitrogens is 2. The van der Waals surface area contributed by atoms with E-state index in [-0.39, 0.29) is 11.2 Å². The Morgan fingerprint density at radius 2 is 2.05 bits per heavy atom. The standard InChI is InChI=1S/C12H15ClN4OS/c1-6-7(2)19-11-9(6)10(16-12(13)17-11)15-5-4-14-8(3)18/h4-5H2,1-3H3,(H,14,18)(H,15,16,17). The Balaban J connectivity index is 2.24. The van der Waals surface area contributed by atoms with Gasteiger partial charge in [0.2, 0.25) is 11.2 Å². The zero-order valence-electron chi connectivity index (χ0n) is 11.0. The summed E-state index contributed by atoms with van der Waals surface area (Å²) in [6.45, 7) is 6.73. The second kappa shape index (κ2) is 5.71. The fraction of sp³-hybridized carbons (Fsp3) is 0.417. The summed E-state index contributed by atoms with van der Waals surface area (Å²) in [4.78, 5) is 21.4. The highest BCUT2D eigenvalue weighted by Gasteiger charge is 2.13. The summed E-state index contributed by atoms with van der Waals surface area (Å²) in [5, 5.41) is 7.16. The third-order valence-corrected chi connectivity index (χ3v) is 4.06. The van der Waals surface area contributed by atoms with E-state index in [1.165, 1.54) is 17.4 Å². The second-order valence-corrected chi connectivity index (χ2v) is 5.76. The Labute approximate surface area is 120 Å². The molecule has 0 saturated carbocycles. The summed E-state index contributed by atoms with van der Waals surface area (Å²) in [6.07, 6.45) is 0. The highest BCUT2D eigenvalue weighted by atomic mass is 35.5. The van der Waals surface area contributed by atoms with Crippen molar-refractivity contribution in [3.63, 3.8) is 0 Å². The summed E-state index contributed by atoms with van der Waals surface area (Å²) in [7, 11) is 0. The van der Waals surface area contributed by atoms with Gasteiger partial charge in [-0.25, -0.2) is 9.97 Å². The average molecular weight is 299 g/mol. The molecule has 1 amide bonds. The zero-order chi connectivity index (χ0) is 14.0. The number of anilines is 1. The Hall–Kier alpha value is -1.40. The molecule has 7 heteroatoms. The van der Waals surface area contributed by atoms with Gasteiger partial charge in [0.1, 0.15) is 10.6 Å². The monoisotopic (exact) mass is 298 g/mol. The first-order valence-electron chi connectivity index (χ1n) is 5.90. The molecule has 0 aliphatic carbocycles. The molecule has 5 nitrogen and oxygen atoms in total. The maximum atomic E-state index is 10.8. The number of halogens is 1. The normalized spacial score (nSPS) is 10.7. The number of aryl methyl sites for hydroxylation is 2. The lowest BCUT2D eigenvalue weighted by atomic mass is 10.2. The van der Waals surface area contributed by atoms with Crippen LogP contribution in [0.15, 0.2) is 0 Å². The number of nitrogens with one attached hydrogen (secondary N) is 2.